The molecule has 0 heterocycles. The summed E-state index contributed by atoms with van der Waals surface area (Å²) >= 11 is 0. The van der Waals surface area contributed by atoms with Gasteiger partial charge >= 0.3 is 18.1 Å². The molecule has 0 spiro atoms. The van der Waals surface area contributed by atoms with Crippen molar-refractivity contribution in [2.75, 3.05) is 13.1 Å². The third-order valence-corrected chi connectivity index (χ3v) is 5.36. The lowest BCUT2D eigenvalue weighted by atomic mass is 10.5. The Morgan fingerprint density at radius 3 is 1.77 bits per heavy atom. The van der Waals surface area contributed by atoms with Crippen molar-refractivity contribution in [1.82, 2.24) is 9.44 Å². The number of rotatable bonds is 6. The van der Waals surface area contributed by atoms with E-state index in [0.29, 0.717) is 6.42 Å². The van der Waals surface area contributed by atoms with Gasteiger partial charge in [0, 0.05) is 13.1 Å². The Hall–Kier alpha value is -0.180. The van der Waals surface area contributed by atoms with E-state index in [1.807, 2.05) is 9.44 Å². The Morgan fingerprint density at radius 1 is 0.923 bits per heavy atom. The van der Waals surface area contributed by atoms with Crippen LogP contribution in [0.15, 0.2) is 0 Å². The SMILES string of the molecule is CCCNS(=O)(=O)S(=O)(=O)NCC. The van der Waals surface area contributed by atoms with Crippen LogP contribution in [0, 0.1) is 0 Å². The van der Waals surface area contributed by atoms with E-state index >= 15 is 0 Å². The molecule has 0 aromatic heterocycles. The van der Waals surface area contributed by atoms with Crippen LogP contribution in [0.2, 0.25) is 0 Å². The molecule has 8 heteroatoms. The second-order valence-electron chi connectivity index (χ2n) is 2.30. The Morgan fingerprint density at radius 2 is 1.38 bits per heavy atom. The molecule has 0 aromatic rings. The quantitative estimate of drug-likeness (QED) is 0.582. The Bertz CT molecular complexity index is 332. The van der Waals surface area contributed by atoms with Gasteiger partial charge in [-0.25, -0.2) is 9.44 Å². The van der Waals surface area contributed by atoms with Crippen molar-refractivity contribution in [3.8, 4) is 0 Å². The van der Waals surface area contributed by atoms with Crippen LogP contribution >= 0.6 is 0 Å². The molecular formula is C5H14N2O4S2. The van der Waals surface area contributed by atoms with E-state index in [2.05, 4.69) is 0 Å². The standard InChI is InChI=1S/C5H14N2O4S2/c1-3-5-7-13(10,11)12(8,9)6-4-2/h6-7H,3-5H2,1-2H3. The van der Waals surface area contributed by atoms with Gasteiger partial charge in [0.1, 0.15) is 0 Å². The highest BCUT2D eigenvalue weighted by Gasteiger charge is 2.27. The maximum atomic E-state index is 11.0. The van der Waals surface area contributed by atoms with Gasteiger partial charge in [-0.2, -0.15) is 16.8 Å². The molecule has 0 rings (SSSR count). The molecule has 0 fully saturated rings. The summed E-state index contributed by atoms with van der Waals surface area (Å²) in [6.07, 6.45) is 0.543. The van der Waals surface area contributed by atoms with Crippen molar-refractivity contribution >= 4 is 18.1 Å². The summed E-state index contributed by atoms with van der Waals surface area (Å²) in [7, 11) is -8.54. The zero-order chi connectivity index (χ0) is 10.5. The normalized spacial score (nSPS) is 13.1. The van der Waals surface area contributed by atoms with Crippen LogP contribution in [-0.4, -0.2) is 29.9 Å². The molecule has 0 aromatic carbocycles. The molecule has 0 saturated heterocycles. The van der Waals surface area contributed by atoms with Crippen LogP contribution in [0.25, 0.3) is 0 Å². The molecule has 0 saturated carbocycles. The first kappa shape index (κ1) is 12.8. The number of hydrogen-bond donors (Lipinski definition) is 2. The lowest BCUT2D eigenvalue weighted by Gasteiger charge is -2.05. The third-order valence-electron chi connectivity index (χ3n) is 1.14. The maximum absolute atomic E-state index is 11.0. The highest BCUT2D eigenvalue weighted by molar-refractivity contribution is 8.65. The third kappa shape index (κ3) is 3.59. The summed E-state index contributed by atoms with van der Waals surface area (Å²) in [5, 5.41) is 0. The topological polar surface area (TPSA) is 92.3 Å². The smallest absolute Gasteiger partial charge is 0.201 e. The van der Waals surface area contributed by atoms with E-state index in [0.717, 1.165) is 0 Å². The van der Waals surface area contributed by atoms with Gasteiger partial charge < -0.3 is 0 Å². The largest absolute Gasteiger partial charge is 0.331 e. The molecule has 0 bridgehead atoms. The van der Waals surface area contributed by atoms with Gasteiger partial charge in [-0.05, 0) is 6.42 Å². The highest BCUT2D eigenvalue weighted by atomic mass is 33.2. The number of nitrogens with one attached hydrogen (secondary N) is 2. The zero-order valence-corrected chi connectivity index (χ0v) is 9.20. The molecule has 0 aliphatic carbocycles. The summed E-state index contributed by atoms with van der Waals surface area (Å²) in [4.78, 5) is 0. The van der Waals surface area contributed by atoms with Crippen LogP contribution in [-0.2, 0) is 18.1 Å². The van der Waals surface area contributed by atoms with Crippen LogP contribution in [0.3, 0.4) is 0 Å². The average Bonchev–Trinajstić information content (AvgIpc) is 2.00. The zero-order valence-electron chi connectivity index (χ0n) is 7.57. The van der Waals surface area contributed by atoms with Crippen molar-refractivity contribution in [1.29, 1.82) is 0 Å². The van der Waals surface area contributed by atoms with Gasteiger partial charge in [0.25, 0.3) is 0 Å². The maximum Gasteiger partial charge on any atom is 0.331 e. The van der Waals surface area contributed by atoms with Crippen LogP contribution in [0.5, 0.6) is 0 Å². The lowest BCUT2D eigenvalue weighted by Crippen LogP contribution is -2.39. The minimum absolute atomic E-state index is 0.0510. The van der Waals surface area contributed by atoms with Crippen molar-refractivity contribution < 1.29 is 16.8 Å². The van der Waals surface area contributed by atoms with E-state index in [9.17, 15) is 16.8 Å². The van der Waals surface area contributed by atoms with E-state index in [1.54, 1.807) is 6.92 Å². The Kier molecular flexibility index (Phi) is 4.82. The first-order chi connectivity index (χ1) is 5.87. The van der Waals surface area contributed by atoms with E-state index in [-0.39, 0.29) is 13.1 Å². The number of hydrogen-bond acceptors (Lipinski definition) is 4. The monoisotopic (exact) mass is 230 g/mol. The minimum Gasteiger partial charge on any atom is -0.201 e. The van der Waals surface area contributed by atoms with E-state index in [1.165, 1.54) is 6.92 Å². The molecule has 0 radical (unpaired) electrons. The molecule has 0 unspecified atom stereocenters. The van der Waals surface area contributed by atoms with Crippen LogP contribution in [0.1, 0.15) is 20.3 Å². The molecular weight excluding hydrogens is 216 g/mol. The summed E-state index contributed by atoms with van der Waals surface area (Å²) < 4.78 is 47.9. The fourth-order valence-electron chi connectivity index (χ4n) is 0.559. The fourth-order valence-corrected chi connectivity index (χ4v) is 3.21. The Balaban J connectivity index is 4.64. The molecule has 0 atom stereocenters. The average molecular weight is 230 g/mol. The molecule has 0 aliphatic heterocycles. The second-order valence-corrected chi connectivity index (χ2v) is 7.33. The summed E-state index contributed by atoms with van der Waals surface area (Å²) in [6, 6.07) is 0. The summed E-state index contributed by atoms with van der Waals surface area (Å²) in [5.41, 5.74) is 0. The van der Waals surface area contributed by atoms with Crippen LogP contribution < -0.4 is 9.44 Å². The van der Waals surface area contributed by atoms with E-state index < -0.39 is 18.1 Å². The van der Waals surface area contributed by atoms with Gasteiger partial charge in [0.15, 0.2) is 0 Å². The molecule has 0 aliphatic rings. The first-order valence-electron chi connectivity index (χ1n) is 3.86. The van der Waals surface area contributed by atoms with Crippen molar-refractivity contribution in [2.45, 2.75) is 20.3 Å². The molecule has 0 amide bonds. The molecule has 80 valence electrons. The lowest BCUT2D eigenvalue weighted by molar-refractivity contribution is 0.567. The molecule has 6 nitrogen and oxygen atoms in total. The Labute approximate surface area is 78.2 Å². The molecule has 2 N–H and O–H groups in total. The predicted molar refractivity (Wildman–Crippen MR) is 49.8 cm³/mol. The fraction of sp³-hybridized carbons (Fsp3) is 1.00. The van der Waals surface area contributed by atoms with Gasteiger partial charge in [0.05, 0.1) is 0 Å². The van der Waals surface area contributed by atoms with Crippen LogP contribution in [0.4, 0.5) is 0 Å². The van der Waals surface area contributed by atoms with Crippen molar-refractivity contribution in [3.05, 3.63) is 0 Å². The molecule has 13 heavy (non-hydrogen) atoms. The second kappa shape index (κ2) is 4.89. The van der Waals surface area contributed by atoms with Gasteiger partial charge in [-0.3, -0.25) is 0 Å². The predicted octanol–water partition coefficient (Wildman–Crippen LogP) is -0.830. The van der Waals surface area contributed by atoms with Gasteiger partial charge in [-0.15, -0.1) is 0 Å². The first-order valence-corrected chi connectivity index (χ1v) is 7.35. The van der Waals surface area contributed by atoms with Crippen molar-refractivity contribution in [3.63, 3.8) is 0 Å². The summed E-state index contributed by atoms with van der Waals surface area (Å²) in [5.74, 6) is 0. The highest BCUT2D eigenvalue weighted by Crippen LogP contribution is 1.95. The minimum atomic E-state index is -4.27. The van der Waals surface area contributed by atoms with Crippen molar-refractivity contribution in [2.24, 2.45) is 0 Å². The van der Waals surface area contributed by atoms with Gasteiger partial charge in [-0.1, -0.05) is 13.8 Å². The summed E-state index contributed by atoms with van der Waals surface area (Å²) in [6.45, 7) is 3.41. The van der Waals surface area contributed by atoms with Gasteiger partial charge in [0.2, 0.25) is 0 Å². The van der Waals surface area contributed by atoms with E-state index in [4.69, 9.17) is 0 Å².